The number of nitrogens with zero attached hydrogens (tertiary/aromatic N) is 3. The second-order valence-electron chi connectivity index (χ2n) is 7.06. The Bertz CT molecular complexity index is 980. The molecule has 0 aliphatic heterocycles. The Morgan fingerprint density at radius 2 is 2.14 bits per heavy atom. The number of hydrogen-bond donors (Lipinski definition) is 1. The lowest BCUT2D eigenvalue weighted by Crippen LogP contribution is -2.20. The van der Waals surface area contributed by atoms with E-state index in [-0.39, 0.29) is 11.7 Å². The predicted molar refractivity (Wildman–Crippen MR) is 116 cm³/mol. The highest BCUT2D eigenvalue weighted by atomic mass is 32.1. The maximum atomic E-state index is 13.2. The molecule has 0 saturated carbocycles. The van der Waals surface area contributed by atoms with Gasteiger partial charge in [0.15, 0.2) is 0 Å². The highest BCUT2D eigenvalue weighted by Gasteiger charge is 2.19. The number of rotatable bonds is 9. The third kappa shape index (κ3) is 4.59. The molecule has 0 unspecified atom stereocenters. The SMILES string of the molecule is CCCc1[nH]n(-c2nc3ccccc3s2)c(=O)c1C(C)=NCCCOC(C)C. The molecule has 0 atom stereocenters. The number of para-hydroxylation sites is 1. The Hall–Kier alpha value is -2.25. The number of hydrogen-bond acceptors (Lipinski definition) is 5. The maximum absolute atomic E-state index is 13.2. The van der Waals surface area contributed by atoms with Crippen molar-refractivity contribution in [2.24, 2.45) is 4.99 Å². The lowest BCUT2D eigenvalue weighted by atomic mass is 10.1. The fourth-order valence-electron chi connectivity index (χ4n) is 3.09. The fraction of sp³-hybridized carbons (Fsp3) is 0.476. The number of aromatic nitrogens is 3. The lowest BCUT2D eigenvalue weighted by molar-refractivity contribution is 0.0783. The number of benzene rings is 1. The molecule has 0 amide bonds. The average molecular weight is 401 g/mol. The van der Waals surface area contributed by atoms with E-state index in [1.165, 1.54) is 11.3 Å². The number of aliphatic imine (C=N–C) groups is 1. The smallest absolute Gasteiger partial charge is 0.282 e. The van der Waals surface area contributed by atoms with Crippen LogP contribution in [-0.4, -0.2) is 39.7 Å². The Kier molecular flexibility index (Phi) is 6.80. The Morgan fingerprint density at radius 1 is 1.36 bits per heavy atom. The zero-order valence-corrected chi connectivity index (χ0v) is 17.8. The zero-order valence-electron chi connectivity index (χ0n) is 17.0. The van der Waals surface area contributed by atoms with Gasteiger partial charge in [-0.1, -0.05) is 36.8 Å². The first-order chi connectivity index (χ1) is 13.5. The van der Waals surface area contributed by atoms with Gasteiger partial charge in [0.2, 0.25) is 5.13 Å². The molecule has 0 fully saturated rings. The van der Waals surface area contributed by atoms with E-state index in [1.54, 1.807) is 4.68 Å². The molecule has 3 rings (SSSR count). The summed E-state index contributed by atoms with van der Waals surface area (Å²) in [6.07, 6.45) is 2.82. The van der Waals surface area contributed by atoms with Gasteiger partial charge in [0, 0.05) is 24.6 Å². The van der Waals surface area contributed by atoms with E-state index < -0.39 is 0 Å². The molecule has 1 N–H and O–H groups in total. The minimum absolute atomic E-state index is 0.0813. The molecular formula is C21H28N4O2S. The van der Waals surface area contributed by atoms with Crippen LogP contribution in [0.4, 0.5) is 0 Å². The van der Waals surface area contributed by atoms with Gasteiger partial charge in [-0.15, -0.1) is 0 Å². The van der Waals surface area contributed by atoms with Crippen LogP contribution < -0.4 is 5.56 Å². The van der Waals surface area contributed by atoms with Gasteiger partial charge in [0.1, 0.15) is 0 Å². The first kappa shape index (κ1) is 20.5. The van der Waals surface area contributed by atoms with Gasteiger partial charge in [0.25, 0.3) is 5.56 Å². The molecule has 7 heteroatoms. The van der Waals surface area contributed by atoms with Crippen LogP contribution in [0, 0.1) is 0 Å². The molecule has 28 heavy (non-hydrogen) atoms. The van der Waals surface area contributed by atoms with Crippen molar-refractivity contribution in [3.63, 3.8) is 0 Å². The third-order valence-electron chi connectivity index (χ3n) is 4.40. The van der Waals surface area contributed by atoms with Crippen LogP contribution >= 0.6 is 11.3 Å². The van der Waals surface area contributed by atoms with Crippen molar-refractivity contribution in [3.05, 3.63) is 45.9 Å². The van der Waals surface area contributed by atoms with Crippen LogP contribution in [0.1, 0.15) is 51.8 Å². The molecule has 2 aromatic heterocycles. The van der Waals surface area contributed by atoms with Crippen molar-refractivity contribution < 1.29 is 4.74 Å². The summed E-state index contributed by atoms with van der Waals surface area (Å²) in [6, 6.07) is 7.92. The first-order valence-electron chi connectivity index (χ1n) is 9.84. The molecule has 6 nitrogen and oxygen atoms in total. The highest BCUT2D eigenvalue weighted by molar-refractivity contribution is 7.20. The van der Waals surface area contributed by atoms with E-state index in [4.69, 9.17) is 4.74 Å². The van der Waals surface area contributed by atoms with Gasteiger partial charge in [-0.25, -0.2) is 4.98 Å². The van der Waals surface area contributed by atoms with E-state index in [2.05, 4.69) is 22.0 Å². The second-order valence-corrected chi connectivity index (χ2v) is 8.07. The van der Waals surface area contributed by atoms with Crippen LogP contribution in [0.3, 0.4) is 0 Å². The Labute approximate surface area is 169 Å². The number of nitrogens with one attached hydrogen (secondary N) is 1. The number of fused-ring (bicyclic) bond motifs is 1. The van der Waals surface area contributed by atoms with Crippen LogP contribution in [0.2, 0.25) is 0 Å². The van der Waals surface area contributed by atoms with Crippen molar-refractivity contribution in [1.29, 1.82) is 0 Å². The van der Waals surface area contributed by atoms with Crippen LogP contribution in [0.25, 0.3) is 15.3 Å². The fourth-order valence-corrected chi connectivity index (χ4v) is 4.01. The lowest BCUT2D eigenvalue weighted by Gasteiger charge is -2.06. The summed E-state index contributed by atoms with van der Waals surface area (Å²) >= 11 is 1.51. The second kappa shape index (κ2) is 9.30. The average Bonchev–Trinajstić information content (AvgIpc) is 3.22. The van der Waals surface area contributed by atoms with Crippen molar-refractivity contribution in [1.82, 2.24) is 14.8 Å². The molecule has 0 saturated heterocycles. The normalized spacial score (nSPS) is 12.4. The van der Waals surface area contributed by atoms with E-state index >= 15 is 0 Å². The number of ether oxygens (including phenoxy) is 1. The van der Waals surface area contributed by atoms with Crippen molar-refractivity contribution in [2.45, 2.75) is 53.1 Å². The molecule has 0 radical (unpaired) electrons. The summed E-state index contributed by atoms with van der Waals surface area (Å²) in [6.45, 7) is 9.39. The summed E-state index contributed by atoms with van der Waals surface area (Å²) < 4.78 is 8.18. The Morgan fingerprint density at radius 3 is 2.86 bits per heavy atom. The molecule has 0 aliphatic rings. The largest absolute Gasteiger partial charge is 0.379 e. The summed E-state index contributed by atoms with van der Waals surface area (Å²) in [5.74, 6) is 0. The number of aromatic amines is 1. The van der Waals surface area contributed by atoms with E-state index in [9.17, 15) is 4.79 Å². The summed E-state index contributed by atoms with van der Waals surface area (Å²) in [5, 5.41) is 3.93. The minimum Gasteiger partial charge on any atom is -0.379 e. The molecule has 0 bridgehead atoms. The molecular weight excluding hydrogens is 372 g/mol. The molecule has 0 spiro atoms. The van der Waals surface area contributed by atoms with Crippen molar-refractivity contribution in [2.75, 3.05) is 13.2 Å². The van der Waals surface area contributed by atoms with E-state index in [1.807, 2.05) is 45.0 Å². The minimum atomic E-state index is -0.0813. The zero-order chi connectivity index (χ0) is 20.1. The maximum Gasteiger partial charge on any atom is 0.282 e. The van der Waals surface area contributed by atoms with Gasteiger partial charge in [-0.2, -0.15) is 4.68 Å². The van der Waals surface area contributed by atoms with Crippen LogP contribution in [0.15, 0.2) is 34.1 Å². The number of aryl methyl sites for hydroxylation is 1. The first-order valence-corrected chi connectivity index (χ1v) is 10.7. The highest BCUT2D eigenvalue weighted by Crippen LogP contribution is 2.24. The van der Waals surface area contributed by atoms with Gasteiger partial charge in [-0.3, -0.25) is 14.9 Å². The Balaban J connectivity index is 1.89. The topological polar surface area (TPSA) is 72.3 Å². The number of thiazole rings is 1. The summed E-state index contributed by atoms with van der Waals surface area (Å²) in [5.41, 5.74) is 3.19. The summed E-state index contributed by atoms with van der Waals surface area (Å²) in [4.78, 5) is 22.4. The molecule has 150 valence electrons. The molecule has 2 heterocycles. The quantitative estimate of drug-likeness (QED) is 0.429. The van der Waals surface area contributed by atoms with Crippen molar-refractivity contribution >= 4 is 27.3 Å². The van der Waals surface area contributed by atoms with Crippen LogP contribution in [0.5, 0.6) is 0 Å². The van der Waals surface area contributed by atoms with E-state index in [0.29, 0.717) is 23.8 Å². The molecule has 3 aromatic rings. The molecule has 0 aliphatic carbocycles. The van der Waals surface area contributed by atoms with E-state index in [0.717, 1.165) is 40.9 Å². The van der Waals surface area contributed by atoms with Gasteiger partial charge in [0.05, 0.1) is 21.9 Å². The standard InChI is InChI=1S/C21H28N4O2S/c1-5-9-17-19(15(4)22-12-8-13-27-14(2)3)20(26)25(24-17)21-23-16-10-6-7-11-18(16)28-21/h6-7,10-11,14,24H,5,8-9,12-13H2,1-4H3. The van der Waals surface area contributed by atoms with Gasteiger partial charge >= 0.3 is 0 Å². The third-order valence-corrected chi connectivity index (χ3v) is 5.43. The predicted octanol–water partition coefficient (Wildman–Crippen LogP) is 4.35. The van der Waals surface area contributed by atoms with Crippen molar-refractivity contribution in [3.8, 4) is 5.13 Å². The summed E-state index contributed by atoms with van der Waals surface area (Å²) in [7, 11) is 0. The molecule has 1 aromatic carbocycles. The van der Waals surface area contributed by atoms with Gasteiger partial charge in [-0.05, 0) is 45.7 Å². The van der Waals surface area contributed by atoms with Crippen LogP contribution in [-0.2, 0) is 11.2 Å². The monoisotopic (exact) mass is 400 g/mol. The number of H-pyrrole nitrogens is 1. The van der Waals surface area contributed by atoms with Gasteiger partial charge < -0.3 is 4.74 Å².